The molecule has 0 saturated carbocycles. The van der Waals surface area contributed by atoms with Crippen LogP contribution in [0.25, 0.3) is 0 Å². The largest absolute Gasteiger partial charge is 0.388 e. The lowest BCUT2D eigenvalue weighted by Crippen LogP contribution is -2.35. The first-order valence-electron chi connectivity index (χ1n) is 5.46. The van der Waals surface area contributed by atoms with E-state index in [1.165, 1.54) is 0 Å². The molecule has 5 heteroatoms. The Balaban J connectivity index is 2.67. The van der Waals surface area contributed by atoms with Gasteiger partial charge >= 0.3 is 0 Å². The molecule has 16 heavy (non-hydrogen) atoms. The third-order valence-electron chi connectivity index (χ3n) is 2.72. The molecule has 0 fully saturated rings. The molecule has 0 unspecified atom stereocenters. The van der Waals surface area contributed by atoms with Crippen molar-refractivity contribution in [1.82, 2.24) is 9.97 Å². The summed E-state index contributed by atoms with van der Waals surface area (Å²) in [6, 6.07) is 1.80. The van der Waals surface area contributed by atoms with Gasteiger partial charge < -0.3 is 10.4 Å². The first-order chi connectivity index (χ1) is 7.49. The molecule has 0 aliphatic carbocycles. The minimum Gasteiger partial charge on any atom is -0.388 e. The number of hydrogen-bond acceptors (Lipinski definition) is 4. The zero-order valence-corrected chi connectivity index (χ0v) is 11.5. The molecule has 1 aromatic rings. The molecular formula is C11H18BrN3O. The minimum absolute atomic E-state index is 0.503. The maximum absolute atomic E-state index is 10.1. The molecule has 0 aromatic carbocycles. The Bertz CT molecular complexity index is 333. The number of hydrogen-bond donors (Lipinski definition) is 2. The van der Waals surface area contributed by atoms with E-state index < -0.39 is 5.60 Å². The Morgan fingerprint density at radius 2 is 2.00 bits per heavy atom. The second-order valence-electron chi connectivity index (χ2n) is 3.91. The van der Waals surface area contributed by atoms with Gasteiger partial charge in [0.1, 0.15) is 16.2 Å². The Hall–Kier alpha value is -0.680. The maximum Gasteiger partial charge on any atom is 0.130 e. The molecule has 1 rings (SSSR count). The van der Waals surface area contributed by atoms with Crippen LogP contribution < -0.4 is 5.32 Å². The molecule has 0 aliphatic rings. The van der Waals surface area contributed by atoms with Gasteiger partial charge in [-0.2, -0.15) is 0 Å². The predicted molar refractivity (Wildman–Crippen MR) is 68.5 cm³/mol. The maximum atomic E-state index is 10.1. The van der Waals surface area contributed by atoms with Crippen molar-refractivity contribution in [1.29, 1.82) is 0 Å². The van der Waals surface area contributed by atoms with Gasteiger partial charge in [-0.15, -0.1) is 0 Å². The summed E-state index contributed by atoms with van der Waals surface area (Å²) in [5.41, 5.74) is -0.661. The highest BCUT2D eigenvalue weighted by atomic mass is 79.9. The van der Waals surface area contributed by atoms with Crippen LogP contribution in [0.5, 0.6) is 0 Å². The fourth-order valence-electron chi connectivity index (χ4n) is 1.38. The zero-order chi connectivity index (χ0) is 12.2. The predicted octanol–water partition coefficient (Wildman–Crippen LogP) is 2.51. The SMILES string of the molecule is CCC(O)(CC)CNc1cc(Br)nc(C)n1. The van der Waals surface area contributed by atoms with E-state index >= 15 is 0 Å². The summed E-state index contributed by atoms with van der Waals surface area (Å²) in [6.45, 7) is 6.29. The Morgan fingerprint density at radius 1 is 1.38 bits per heavy atom. The highest BCUT2D eigenvalue weighted by molar-refractivity contribution is 9.10. The second kappa shape index (κ2) is 5.59. The lowest BCUT2D eigenvalue weighted by Gasteiger charge is -2.25. The van der Waals surface area contributed by atoms with E-state index in [-0.39, 0.29) is 0 Å². The number of anilines is 1. The van der Waals surface area contributed by atoms with Crippen molar-refractivity contribution < 1.29 is 5.11 Å². The Kier molecular flexibility index (Phi) is 4.68. The third kappa shape index (κ3) is 3.72. The summed E-state index contributed by atoms with van der Waals surface area (Å²) >= 11 is 3.31. The Labute approximate surface area is 105 Å². The van der Waals surface area contributed by atoms with Crippen LogP contribution >= 0.6 is 15.9 Å². The van der Waals surface area contributed by atoms with E-state index in [1.807, 2.05) is 20.8 Å². The lowest BCUT2D eigenvalue weighted by atomic mass is 9.98. The van der Waals surface area contributed by atoms with E-state index in [2.05, 4.69) is 31.2 Å². The molecular weight excluding hydrogens is 270 g/mol. The quantitative estimate of drug-likeness (QED) is 0.817. The zero-order valence-electron chi connectivity index (χ0n) is 9.92. The van der Waals surface area contributed by atoms with Crippen molar-refractivity contribution in [2.24, 2.45) is 0 Å². The molecule has 4 nitrogen and oxygen atoms in total. The smallest absolute Gasteiger partial charge is 0.130 e. The second-order valence-corrected chi connectivity index (χ2v) is 4.72. The molecule has 1 heterocycles. The number of aliphatic hydroxyl groups is 1. The monoisotopic (exact) mass is 287 g/mol. The summed E-state index contributed by atoms with van der Waals surface area (Å²) in [5, 5.41) is 13.2. The molecule has 0 amide bonds. The van der Waals surface area contributed by atoms with Gasteiger partial charge in [0.25, 0.3) is 0 Å². The summed E-state index contributed by atoms with van der Waals surface area (Å²) < 4.78 is 0.749. The van der Waals surface area contributed by atoms with Gasteiger partial charge in [-0.05, 0) is 35.7 Å². The van der Waals surface area contributed by atoms with E-state index in [0.29, 0.717) is 12.4 Å². The number of nitrogens with one attached hydrogen (secondary N) is 1. The van der Waals surface area contributed by atoms with Gasteiger partial charge in [-0.25, -0.2) is 9.97 Å². The highest BCUT2D eigenvalue weighted by Crippen LogP contribution is 2.17. The van der Waals surface area contributed by atoms with Crippen LogP contribution in [0, 0.1) is 6.92 Å². The van der Waals surface area contributed by atoms with Crippen molar-refractivity contribution in [2.75, 3.05) is 11.9 Å². The average molecular weight is 288 g/mol. The number of aromatic nitrogens is 2. The van der Waals surface area contributed by atoms with Crippen LogP contribution in [0.15, 0.2) is 10.7 Å². The van der Waals surface area contributed by atoms with Crippen molar-refractivity contribution in [2.45, 2.75) is 39.2 Å². The van der Waals surface area contributed by atoms with Gasteiger partial charge in [0, 0.05) is 12.6 Å². The minimum atomic E-state index is -0.661. The number of rotatable bonds is 5. The van der Waals surface area contributed by atoms with E-state index in [9.17, 15) is 5.11 Å². The normalized spacial score (nSPS) is 11.6. The summed E-state index contributed by atoms with van der Waals surface area (Å²) in [5.74, 6) is 1.44. The molecule has 2 N–H and O–H groups in total. The average Bonchev–Trinajstić information content (AvgIpc) is 2.25. The highest BCUT2D eigenvalue weighted by Gasteiger charge is 2.21. The number of nitrogens with zero attached hydrogens (tertiary/aromatic N) is 2. The molecule has 0 radical (unpaired) electrons. The third-order valence-corrected chi connectivity index (χ3v) is 3.13. The summed E-state index contributed by atoms with van der Waals surface area (Å²) in [7, 11) is 0. The van der Waals surface area contributed by atoms with E-state index in [1.54, 1.807) is 6.07 Å². The molecule has 0 atom stereocenters. The van der Waals surface area contributed by atoms with Gasteiger partial charge in [-0.3, -0.25) is 0 Å². The van der Waals surface area contributed by atoms with E-state index in [0.717, 1.165) is 23.3 Å². The standard InChI is InChI=1S/C11H18BrN3O/c1-4-11(16,5-2)7-13-10-6-9(12)14-8(3)15-10/h6,16H,4-5,7H2,1-3H3,(H,13,14,15). The van der Waals surface area contributed by atoms with Crippen LogP contribution in [0.2, 0.25) is 0 Å². The molecule has 0 bridgehead atoms. The lowest BCUT2D eigenvalue weighted by molar-refractivity contribution is 0.0456. The van der Waals surface area contributed by atoms with Crippen molar-refractivity contribution in [3.05, 3.63) is 16.5 Å². The van der Waals surface area contributed by atoms with Crippen LogP contribution in [0.4, 0.5) is 5.82 Å². The summed E-state index contributed by atoms with van der Waals surface area (Å²) in [4.78, 5) is 8.36. The molecule has 90 valence electrons. The van der Waals surface area contributed by atoms with Crippen LogP contribution in [-0.4, -0.2) is 27.2 Å². The Morgan fingerprint density at radius 3 is 2.50 bits per heavy atom. The topological polar surface area (TPSA) is 58.0 Å². The van der Waals surface area contributed by atoms with Crippen molar-refractivity contribution in [3.8, 4) is 0 Å². The van der Waals surface area contributed by atoms with Crippen LogP contribution in [-0.2, 0) is 0 Å². The van der Waals surface area contributed by atoms with Crippen molar-refractivity contribution in [3.63, 3.8) is 0 Å². The van der Waals surface area contributed by atoms with Gasteiger partial charge in [0.2, 0.25) is 0 Å². The van der Waals surface area contributed by atoms with Gasteiger partial charge in [-0.1, -0.05) is 13.8 Å². The molecule has 0 aliphatic heterocycles. The van der Waals surface area contributed by atoms with Crippen molar-refractivity contribution >= 4 is 21.7 Å². The van der Waals surface area contributed by atoms with Crippen LogP contribution in [0.3, 0.4) is 0 Å². The number of aryl methyl sites for hydroxylation is 1. The van der Waals surface area contributed by atoms with Crippen LogP contribution in [0.1, 0.15) is 32.5 Å². The fraction of sp³-hybridized carbons (Fsp3) is 0.636. The number of halogens is 1. The molecule has 0 spiro atoms. The van der Waals surface area contributed by atoms with Gasteiger partial charge in [0.05, 0.1) is 5.60 Å². The first-order valence-corrected chi connectivity index (χ1v) is 6.26. The molecule has 1 aromatic heterocycles. The van der Waals surface area contributed by atoms with E-state index in [4.69, 9.17) is 0 Å². The first kappa shape index (κ1) is 13.4. The van der Waals surface area contributed by atoms with Gasteiger partial charge in [0.15, 0.2) is 0 Å². The molecule has 0 saturated heterocycles. The summed E-state index contributed by atoms with van der Waals surface area (Å²) in [6.07, 6.45) is 1.45. The fourth-order valence-corrected chi connectivity index (χ4v) is 1.85.